The third kappa shape index (κ3) is 5.33. The highest BCUT2D eigenvalue weighted by atomic mass is 127. The molecule has 5 rings (SSSR count). The zero-order chi connectivity index (χ0) is 25.4. The number of aromatic nitrogens is 3. The Hall–Kier alpha value is -2.75. The van der Waals surface area contributed by atoms with Crippen LogP contribution < -0.4 is 10.0 Å². The standard InChI is InChI=1S/C26H26IN4O4P/c1-15-3-4-17(19(27)9-15)14-34-24-11-18(36)10-20(28-24)16-5-7-31(8-6-16)13-23-29-25-21(30(23)2)12-22(35-25)26(32)33/h3-5,9-12H,6-8,13-14,36H2,1-2H3,(H,32,33). The van der Waals surface area contributed by atoms with Crippen LogP contribution in [0.15, 0.2) is 46.9 Å². The number of pyridine rings is 1. The summed E-state index contributed by atoms with van der Waals surface area (Å²) >= 11 is 2.34. The summed E-state index contributed by atoms with van der Waals surface area (Å²) in [4.78, 5) is 22.7. The second kappa shape index (κ2) is 10.3. The first-order valence-electron chi connectivity index (χ1n) is 11.5. The van der Waals surface area contributed by atoms with Crippen LogP contribution in [-0.2, 0) is 20.2 Å². The monoisotopic (exact) mass is 616 g/mol. The van der Waals surface area contributed by atoms with Crippen LogP contribution in [0.4, 0.5) is 0 Å². The molecule has 36 heavy (non-hydrogen) atoms. The predicted molar refractivity (Wildman–Crippen MR) is 150 cm³/mol. The van der Waals surface area contributed by atoms with Gasteiger partial charge in [0.25, 0.3) is 0 Å². The molecule has 10 heteroatoms. The van der Waals surface area contributed by atoms with Crippen LogP contribution in [0.5, 0.6) is 5.88 Å². The molecule has 1 unspecified atom stereocenters. The summed E-state index contributed by atoms with van der Waals surface area (Å²) in [5, 5.41) is 10.2. The summed E-state index contributed by atoms with van der Waals surface area (Å²) in [5.74, 6) is 0.267. The van der Waals surface area contributed by atoms with Gasteiger partial charge in [-0.1, -0.05) is 23.8 Å². The molecule has 0 bridgehead atoms. The largest absolute Gasteiger partial charge is 0.475 e. The molecule has 0 amide bonds. The molecule has 186 valence electrons. The van der Waals surface area contributed by atoms with E-state index in [1.807, 2.05) is 17.7 Å². The van der Waals surface area contributed by atoms with E-state index in [9.17, 15) is 4.79 Å². The smallest absolute Gasteiger partial charge is 0.371 e. The molecule has 1 aromatic carbocycles. The number of aromatic carboxylic acids is 1. The Labute approximate surface area is 224 Å². The van der Waals surface area contributed by atoms with Crippen LogP contribution in [0, 0.1) is 10.5 Å². The lowest BCUT2D eigenvalue weighted by molar-refractivity contribution is 0.0664. The number of fused-ring (bicyclic) bond motifs is 1. The normalized spacial score (nSPS) is 14.3. The Morgan fingerprint density at radius 2 is 2.08 bits per heavy atom. The quantitative estimate of drug-likeness (QED) is 0.241. The van der Waals surface area contributed by atoms with Crippen molar-refractivity contribution in [2.24, 2.45) is 7.05 Å². The number of rotatable bonds is 7. The summed E-state index contributed by atoms with van der Waals surface area (Å²) < 4.78 is 14.5. The number of carboxylic acid groups (broad SMARTS) is 1. The van der Waals surface area contributed by atoms with E-state index >= 15 is 0 Å². The highest BCUT2D eigenvalue weighted by Crippen LogP contribution is 2.26. The van der Waals surface area contributed by atoms with Crippen molar-refractivity contribution in [1.29, 1.82) is 0 Å². The number of carboxylic acids is 1. The lowest BCUT2D eigenvalue weighted by atomic mass is 10.0. The van der Waals surface area contributed by atoms with Gasteiger partial charge in [-0.25, -0.2) is 9.78 Å². The number of carbonyl (C=O) groups is 1. The van der Waals surface area contributed by atoms with Crippen molar-refractivity contribution >= 4 is 59.9 Å². The maximum atomic E-state index is 11.1. The Kier molecular flexibility index (Phi) is 7.14. The number of ether oxygens (including phenoxy) is 1. The van der Waals surface area contributed by atoms with E-state index in [0.717, 1.165) is 41.9 Å². The molecule has 4 aromatic rings. The molecule has 0 saturated heterocycles. The lowest BCUT2D eigenvalue weighted by Crippen LogP contribution is -2.29. The van der Waals surface area contributed by atoms with Gasteiger partial charge in [0, 0.05) is 41.4 Å². The summed E-state index contributed by atoms with van der Waals surface area (Å²) in [6.07, 6.45) is 3.07. The average molecular weight is 616 g/mol. The van der Waals surface area contributed by atoms with Crippen molar-refractivity contribution in [1.82, 2.24) is 19.4 Å². The van der Waals surface area contributed by atoms with Gasteiger partial charge in [0.05, 0.1) is 12.2 Å². The third-order valence-corrected chi connectivity index (χ3v) is 7.62. The molecule has 1 N–H and O–H groups in total. The molecule has 1 aliphatic rings. The van der Waals surface area contributed by atoms with Gasteiger partial charge in [-0.15, -0.1) is 9.24 Å². The number of halogens is 1. The number of benzene rings is 1. The van der Waals surface area contributed by atoms with Crippen molar-refractivity contribution in [3.8, 4) is 5.88 Å². The lowest BCUT2D eigenvalue weighted by Gasteiger charge is -2.26. The fourth-order valence-corrected chi connectivity index (χ4v) is 5.37. The van der Waals surface area contributed by atoms with Crippen molar-refractivity contribution in [3.05, 3.63) is 74.4 Å². The maximum Gasteiger partial charge on any atom is 0.371 e. The van der Waals surface area contributed by atoms with Crippen LogP contribution >= 0.6 is 31.8 Å². The second-order valence-corrected chi connectivity index (χ2v) is 10.7. The zero-order valence-corrected chi connectivity index (χ0v) is 23.3. The highest BCUT2D eigenvalue weighted by molar-refractivity contribution is 14.1. The molecular weight excluding hydrogens is 590 g/mol. The van der Waals surface area contributed by atoms with E-state index in [1.165, 1.54) is 20.8 Å². The molecule has 8 nitrogen and oxygen atoms in total. The molecule has 0 fully saturated rings. The fourth-order valence-electron chi connectivity index (χ4n) is 4.24. The van der Waals surface area contributed by atoms with Gasteiger partial charge in [0.15, 0.2) is 0 Å². The zero-order valence-electron chi connectivity index (χ0n) is 20.0. The van der Waals surface area contributed by atoms with Crippen molar-refractivity contribution in [2.45, 2.75) is 26.5 Å². The minimum Gasteiger partial charge on any atom is -0.475 e. The SMILES string of the molecule is Cc1ccc(COc2cc(P)cc(C3=CCN(Cc4nc5oc(C(=O)O)cc5n4C)CC3)n2)c(I)c1. The molecule has 0 spiro atoms. The van der Waals surface area contributed by atoms with Crippen molar-refractivity contribution in [2.75, 3.05) is 13.1 Å². The van der Waals surface area contributed by atoms with Gasteiger partial charge in [-0.3, -0.25) is 4.90 Å². The van der Waals surface area contributed by atoms with Crippen molar-refractivity contribution < 1.29 is 19.1 Å². The second-order valence-electron chi connectivity index (χ2n) is 8.92. The van der Waals surface area contributed by atoms with Crippen LogP contribution in [0.3, 0.4) is 0 Å². The molecule has 0 aliphatic carbocycles. The van der Waals surface area contributed by atoms with Gasteiger partial charge in [-0.2, -0.15) is 4.98 Å². The Balaban J connectivity index is 1.26. The number of aryl methyl sites for hydroxylation is 2. The first kappa shape index (κ1) is 24.9. The molecule has 1 aliphatic heterocycles. The summed E-state index contributed by atoms with van der Waals surface area (Å²) in [6.45, 7) is 4.84. The Morgan fingerprint density at radius 3 is 2.78 bits per heavy atom. The van der Waals surface area contributed by atoms with Crippen LogP contribution in [0.25, 0.3) is 16.8 Å². The molecule has 4 heterocycles. The minimum absolute atomic E-state index is 0.0963. The number of furan rings is 1. The first-order chi connectivity index (χ1) is 17.3. The third-order valence-electron chi connectivity index (χ3n) is 6.28. The number of hydrogen-bond donors (Lipinski definition) is 1. The Bertz CT molecular complexity index is 1490. The van der Waals surface area contributed by atoms with Gasteiger partial charge < -0.3 is 18.8 Å². The average Bonchev–Trinajstić information content (AvgIpc) is 3.38. The van der Waals surface area contributed by atoms with E-state index in [4.69, 9.17) is 19.2 Å². The fraction of sp³-hybridized carbons (Fsp3) is 0.269. The minimum atomic E-state index is -1.09. The van der Waals surface area contributed by atoms with E-state index in [0.29, 0.717) is 30.3 Å². The number of imidazole rings is 1. The molecule has 1 atom stereocenters. The molecular formula is C26H26IN4O4P. The predicted octanol–water partition coefficient (Wildman–Crippen LogP) is 4.54. The van der Waals surface area contributed by atoms with Gasteiger partial charge in [-0.05, 0) is 58.9 Å². The van der Waals surface area contributed by atoms with Crippen LogP contribution in [0.1, 0.15) is 39.6 Å². The number of nitrogens with zero attached hydrogens (tertiary/aromatic N) is 4. The van der Waals surface area contributed by atoms with Crippen LogP contribution in [0.2, 0.25) is 0 Å². The first-order valence-corrected chi connectivity index (χ1v) is 13.2. The van der Waals surface area contributed by atoms with E-state index in [2.05, 4.69) is 79.0 Å². The topological polar surface area (TPSA) is 93.6 Å². The van der Waals surface area contributed by atoms with E-state index in [-0.39, 0.29) is 5.76 Å². The van der Waals surface area contributed by atoms with Crippen LogP contribution in [-0.4, -0.2) is 43.6 Å². The molecule has 0 radical (unpaired) electrons. The molecule has 3 aromatic heterocycles. The van der Waals surface area contributed by atoms with Crippen molar-refractivity contribution in [3.63, 3.8) is 0 Å². The van der Waals surface area contributed by atoms with Gasteiger partial charge in [0.2, 0.25) is 17.4 Å². The highest BCUT2D eigenvalue weighted by Gasteiger charge is 2.20. The number of hydrogen-bond acceptors (Lipinski definition) is 6. The summed E-state index contributed by atoms with van der Waals surface area (Å²) in [6, 6.07) is 11.9. The molecule has 0 saturated carbocycles. The maximum absolute atomic E-state index is 11.1. The Morgan fingerprint density at radius 1 is 1.25 bits per heavy atom. The summed E-state index contributed by atoms with van der Waals surface area (Å²) in [7, 11) is 4.63. The summed E-state index contributed by atoms with van der Waals surface area (Å²) in [5.41, 5.74) is 5.55. The van der Waals surface area contributed by atoms with E-state index in [1.54, 1.807) is 0 Å². The van der Waals surface area contributed by atoms with E-state index < -0.39 is 5.97 Å². The van der Waals surface area contributed by atoms with Gasteiger partial charge in [0.1, 0.15) is 17.9 Å². The van der Waals surface area contributed by atoms with Gasteiger partial charge >= 0.3 is 5.97 Å².